The van der Waals surface area contributed by atoms with Crippen LogP contribution < -0.4 is 5.32 Å². The molecule has 1 amide bonds. The Balaban J connectivity index is 2.12. The zero-order valence-corrected chi connectivity index (χ0v) is 13.1. The van der Waals surface area contributed by atoms with Crippen molar-refractivity contribution in [3.05, 3.63) is 29.8 Å². The van der Waals surface area contributed by atoms with Crippen molar-refractivity contribution >= 4 is 27.5 Å². The van der Waals surface area contributed by atoms with E-state index in [1.54, 1.807) is 0 Å². The maximum atomic E-state index is 11.8. The summed E-state index contributed by atoms with van der Waals surface area (Å²) in [5, 5.41) is 13.3. The summed E-state index contributed by atoms with van der Waals surface area (Å²) in [4.78, 5) is 11.8. The van der Waals surface area contributed by atoms with Gasteiger partial charge in [0, 0.05) is 17.4 Å². The van der Waals surface area contributed by atoms with Gasteiger partial charge in [-0.3, -0.25) is 4.79 Å². The molecule has 1 aliphatic carbocycles. The predicted molar refractivity (Wildman–Crippen MR) is 83.9 cm³/mol. The van der Waals surface area contributed by atoms with Gasteiger partial charge in [-0.25, -0.2) is 0 Å². The number of halogens is 1. The number of nitriles is 1. The lowest BCUT2D eigenvalue weighted by Gasteiger charge is -2.21. The van der Waals surface area contributed by atoms with Gasteiger partial charge in [0.25, 0.3) is 0 Å². The van der Waals surface area contributed by atoms with Crippen molar-refractivity contribution in [3.8, 4) is 6.07 Å². The second-order valence-electron chi connectivity index (χ2n) is 5.32. The second kappa shape index (κ2) is 6.90. The summed E-state index contributed by atoms with van der Waals surface area (Å²) >= 11 is 3.32. The number of hydrogen-bond donors (Lipinski definition) is 1. The van der Waals surface area contributed by atoms with Crippen molar-refractivity contribution in [3.63, 3.8) is 0 Å². The molecule has 1 aromatic carbocycles. The number of nitrogens with zero attached hydrogens (tertiary/aromatic N) is 1. The molecule has 0 aromatic heterocycles. The summed E-state index contributed by atoms with van der Waals surface area (Å²) in [6.07, 6.45) is 5.40. The summed E-state index contributed by atoms with van der Waals surface area (Å²) in [5.41, 5.74) is 1.48. The van der Waals surface area contributed by atoms with E-state index in [0.717, 1.165) is 48.7 Å². The number of anilines is 1. The molecule has 20 heavy (non-hydrogen) atoms. The second-order valence-corrected chi connectivity index (χ2v) is 6.12. The highest BCUT2D eigenvalue weighted by atomic mass is 79.9. The molecule has 1 N–H and O–H groups in total. The van der Waals surface area contributed by atoms with E-state index >= 15 is 0 Å². The number of alkyl halides is 1. The Morgan fingerprint density at radius 1 is 1.40 bits per heavy atom. The van der Waals surface area contributed by atoms with Crippen LogP contribution in [0.3, 0.4) is 0 Å². The van der Waals surface area contributed by atoms with Gasteiger partial charge in [-0.15, -0.1) is 0 Å². The molecule has 0 heterocycles. The fraction of sp³-hybridized carbons (Fsp3) is 0.500. The first-order valence-corrected chi connectivity index (χ1v) is 8.20. The average Bonchev–Trinajstić information content (AvgIpc) is 2.95. The fourth-order valence-corrected chi connectivity index (χ4v) is 3.07. The fourth-order valence-electron chi connectivity index (χ4n) is 2.79. The number of amides is 1. The third-order valence-corrected chi connectivity index (χ3v) is 4.47. The highest BCUT2D eigenvalue weighted by Gasteiger charge is 2.35. The lowest BCUT2D eigenvalue weighted by Crippen LogP contribution is -2.20. The SMILES string of the molecule is N#CC1(c2cccc(NC(=O)CCCBr)c2)CCCC1. The highest BCUT2D eigenvalue weighted by Crippen LogP contribution is 2.41. The number of nitrogens with one attached hydrogen (secondary N) is 1. The number of carbonyl (C=O) groups excluding carboxylic acids is 1. The largest absolute Gasteiger partial charge is 0.326 e. The molecule has 0 aliphatic heterocycles. The first kappa shape index (κ1) is 15.1. The maximum Gasteiger partial charge on any atom is 0.224 e. The van der Waals surface area contributed by atoms with E-state index in [9.17, 15) is 10.1 Å². The Morgan fingerprint density at radius 2 is 2.15 bits per heavy atom. The standard InChI is InChI=1S/C16H19BrN2O/c17-10-4-7-15(20)19-14-6-3-5-13(11-14)16(12-18)8-1-2-9-16/h3,5-6,11H,1-2,4,7-10H2,(H,19,20). The number of rotatable bonds is 5. The minimum atomic E-state index is -0.351. The monoisotopic (exact) mass is 334 g/mol. The third kappa shape index (κ3) is 3.40. The van der Waals surface area contributed by atoms with Crippen molar-refractivity contribution in [2.24, 2.45) is 0 Å². The maximum absolute atomic E-state index is 11.8. The topological polar surface area (TPSA) is 52.9 Å². The van der Waals surface area contributed by atoms with Crippen LogP contribution in [0.15, 0.2) is 24.3 Å². The normalized spacial score (nSPS) is 16.6. The first-order chi connectivity index (χ1) is 9.70. The molecule has 1 aliphatic rings. The van der Waals surface area contributed by atoms with E-state index in [1.165, 1.54) is 0 Å². The minimum absolute atomic E-state index is 0.0269. The van der Waals surface area contributed by atoms with Crippen LogP contribution in [-0.4, -0.2) is 11.2 Å². The van der Waals surface area contributed by atoms with Gasteiger partial charge in [-0.2, -0.15) is 5.26 Å². The van der Waals surface area contributed by atoms with Crippen LogP contribution in [0, 0.1) is 11.3 Å². The van der Waals surface area contributed by atoms with Crippen molar-refractivity contribution in [2.75, 3.05) is 10.6 Å². The van der Waals surface area contributed by atoms with E-state index < -0.39 is 0 Å². The van der Waals surface area contributed by atoms with Crippen molar-refractivity contribution in [1.82, 2.24) is 0 Å². The van der Waals surface area contributed by atoms with E-state index in [4.69, 9.17) is 0 Å². The van der Waals surface area contributed by atoms with Crippen LogP contribution in [0.25, 0.3) is 0 Å². The Morgan fingerprint density at radius 3 is 2.80 bits per heavy atom. The van der Waals surface area contributed by atoms with Crippen LogP contribution in [0.2, 0.25) is 0 Å². The third-order valence-electron chi connectivity index (χ3n) is 3.91. The van der Waals surface area contributed by atoms with Crippen molar-refractivity contribution in [2.45, 2.75) is 43.9 Å². The first-order valence-electron chi connectivity index (χ1n) is 7.08. The van der Waals surface area contributed by atoms with Gasteiger partial charge in [-0.05, 0) is 37.0 Å². The molecule has 1 saturated carbocycles. The summed E-state index contributed by atoms with van der Waals surface area (Å²) in [7, 11) is 0. The van der Waals surface area contributed by atoms with Crippen molar-refractivity contribution in [1.29, 1.82) is 5.26 Å². The molecule has 0 saturated heterocycles. The van der Waals surface area contributed by atoms with Gasteiger partial charge in [0.1, 0.15) is 0 Å². The van der Waals surface area contributed by atoms with Crippen LogP contribution in [-0.2, 0) is 10.2 Å². The number of carbonyl (C=O) groups is 1. The molecule has 0 unspecified atom stereocenters. The Labute approximate surface area is 128 Å². The molecular weight excluding hydrogens is 316 g/mol. The zero-order valence-electron chi connectivity index (χ0n) is 11.5. The van der Waals surface area contributed by atoms with Crippen LogP contribution in [0.5, 0.6) is 0 Å². The molecular formula is C16H19BrN2O. The average molecular weight is 335 g/mol. The lowest BCUT2D eigenvalue weighted by molar-refractivity contribution is -0.116. The Hall–Kier alpha value is -1.34. The highest BCUT2D eigenvalue weighted by molar-refractivity contribution is 9.09. The minimum Gasteiger partial charge on any atom is -0.326 e. The molecule has 0 spiro atoms. The molecule has 0 bridgehead atoms. The van der Waals surface area contributed by atoms with Gasteiger partial charge in [0.05, 0.1) is 11.5 Å². The van der Waals surface area contributed by atoms with Gasteiger partial charge in [-0.1, -0.05) is 40.9 Å². The number of benzene rings is 1. The predicted octanol–water partition coefficient (Wildman–Crippen LogP) is 4.14. The smallest absolute Gasteiger partial charge is 0.224 e. The Bertz CT molecular complexity index is 515. The summed E-state index contributed by atoms with van der Waals surface area (Å²) < 4.78 is 0. The van der Waals surface area contributed by atoms with Gasteiger partial charge in [0.15, 0.2) is 0 Å². The zero-order chi connectivity index (χ0) is 14.4. The van der Waals surface area contributed by atoms with Crippen LogP contribution >= 0.6 is 15.9 Å². The molecule has 1 fully saturated rings. The number of hydrogen-bond acceptors (Lipinski definition) is 2. The Kier molecular flexibility index (Phi) is 5.19. The molecule has 106 valence electrons. The van der Waals surface area contributed by atoms with Gasteiger partial charge < -0.3 is 5.32 Å². The quantitative estimate of drug-likeness (QED) is 0.823. The van der Waals surface area contributed by atoms with E-state index in [0.29, 0.717) is 6.42 Å². The molecule has 2 rings (SSSR count). The van der Waals surface area contributed by atoms with E-state index in [2.05, 4.69) is 27.3 Å². The summed E-state index contributed by atoms with van der Waals surface area (Å²) in [5.74, 6) is 0.0269. The summed E-state index contributed by atoms with van der Waals surface area (Å²) in [6.45, 7) is 0. The van der Waals surface area contributed by atoms with E-state index in [1.807, 2.05) is 24.3 Å². The molecule has 4 heteroatoms. The van der Waals surface area contributed by atoms with Crippen molar-refractivity contribution < 1.29 is 4.79 Å². The van der Waals surface area contributed by atoms with Crippen LogP contribution in [0.1, 0.15) is 44.1 Å². The molecule has 0 atom stereocenters. The van der Waals surface area contributed by atoms with Gasteiger partial charge >= 0.3 is 0 Å². The lowest BCUT2D eigenvalue weighted by atomic mass is 9.80. The van der Waals surface area contributed by atoms with Gasteiger partial charge in [0.2, 0.25) is 5.91 Å². The summed E-state index contributed by atoms with van der Waals surface area (Å²) in [6, 6.07) is 10.3. The molecule has 1 aromatic rings. The van der Waals surface area contributed by atoms with E-state index in [-0.39, 0.29) is 11.3 Å². The van der Waals surface area contributed by atoms with Crippen LogP contribution in [0.4, 0.5) is 5.69 Å². The molecule has 0 radical (unpaired) electrons. The molecule has 3 nitrogen and oxygen atoms in total.